The minimum absolute atomic E-state index is 0.160. The van der Waals surface area contributed by atoms with Crippen molar-refractivity contribution in [1.82, 2.24) is 5.32 Å². The second-order valence-corrected chi connectivity index (χ2v) is 8.54. The Bertz CT molecular complexity index is 650. The molecule has 1 saturated heterocycles. The summed E-state index contributed by atoms with van der Waals surface area (Å²) in [6.07, 6.45) is 2.44. The van der Waals surface area contributed by atoms with Crippen LogP contribution in [0.5, 0.6) is 5.75 Å². The van der Waals surface area contributed by atoms with Crippen molar-refractivity contribution in [2.24, 2.45) is 5.73 Å². The molecule has 2 unspecified atom stereocenters. The Labute approximate surface area is 174 Å². The molecule has 29 heavy (non-hydrogen) atoms. The fraction of sp³-hybridized carbons (Fsp3) is 0.667. The molecule has 7 nitrogen and oxygen atoms in total. The number of nitrogens with one attached hydrogen (secondary N) is 1. The number of benzene rings is 1. The predicted octanol–water partition coefficient (Wildman–Crippen LogP) is 2.11. The van der Waals surface area contributed by atoms with Crippen LogP contribution in [0.3, 0.4) is 0 Å². The standard InChI is InChI=1S/C21H35BN2O5/c1-20(2)21(3,4)29-22(28-20)18(24-19(25)17(23)14-26-5)9-7-8-15-10-12-16(27-6)13-11-15/h10-13,17-18H,7-9,14,23H2,1-6H3,(H,24,25). The summed E-state index contributed by atoms with van der Waals surface area (Å²) in [5.74, 6) is 0.268. The van der Waals surface area contributed by atoms with E-state index in [9.17, 15) is 4.79 Å². The number of hydrogen-bond donors (Lipinski definition) is 2. The largest absolute Gasteiger partial charge is 0.497 e. The van der Waals surface area contributed by atoms with Crippen molar-refractivity contribution in [1.29, 1.82) is 0 Å². The summed E-state index contributed by atoms with van der Waals surface area (Å²) in [5.41, 5.74) is 6.17. The lowest BCUT2D eigenvalue weighted by molar-refractivity contribution is -0.123. The van der Waals surface area contributed by atoms with Crippen LogP contribution in [-0.2, 0) is 25.3 Å². The maximum atomic E-state index is 12.5. The van der Waals surface area contributed by atoms with Gasteiger partial charge in [0.25, 0.3) is 0 Å². The van der Waals surface area contributed by atoms with Crippen LogP contribution < -0.4 is 15.8 Å². The van der Waals surface area contributed by atoms with E-state index >= 15 is 0 Å². The third-order valence-electron chi connectivity index (χ3n) is 5.75. The van der Waals surface area contributed by atoms with Crippen molar-refractivity contribution in [3.05, 3.63) is 29.8 Å². The zero-order chi connectivity index (χ0) is 21.7. The van der Waals surface area contributed by atoms with Crippen molar-refractivity contribution in [3.8, 4) is 5.75 Å². The lowest BCUT2D eigenvalue weighted by Crippen LogP contribution is -2.53. The first-order valence-corrected chi connectivity index (χ1v) is 10.1. The van der Waals surface area contributed by atoms with E-state index in [0.29, 0.717) is 6.42 Å². The first-order valence-electron chi connectivity index (χ1n) is 10.1. The Balaban J connectivity index is 2.02. The van der Waals surface area contributed by atoms with E-state index in [1.165, 1.54) is 12.7 Å². The Morgan fingerprint density at radius 2 is 1.72 bits per heavy atom. The molecule has 3 N–H and O–H groups in total. The molecule has 162 valence electrons. The van der Waals surface area contributed by atoms with Crippen LogP contribution in [0, 0.1) is 0 Å². The molecule has 1 aliphatic rings. The fourth-order valence-electron chi connectivity index (χ4n) is 3.19. The molecule has 0 spiro atoms. The third kappa shape index (κ3) is 6.19. The molecular formula is C21H35BN2O5. The zero-order valence-corrected chi connectivity index (χ0v) is 18.5. The van der Waals surface area contributed by atoms with E-state index in [1.807, 2.05) is 39.8 Å². The second kappa shape index (κ2) is 9.93. The Hall–Kier alpha value is -1.61. The molecule has 1 heterocycles. The lowest BCUT2D eigenvalue weighted by Gasteiger charge is -2.32. The molecule has 0 aliphatic carbocycles. The molecule has 2 atom stereocenters. The highest BCUT2D eigenvalue weighted by atomic mass is 16.7. The Morgan fingerprint density at radius 3 is 2.24 bits per heavy atom. The number of hydrogen-bond acceptors (Lipinski definition) is 6. The minimum Gasteiger partial charge on any atom is -0.497 e. The molecule has 8 heteroatoms. The van der Waals surface area contributed by atoms with Gasteiger partial charge in [0.15, 0.2) is 0 Å². The summed E-state index contributed by atoms with van der Waals surface area (Å²) < 4.78 is 22.5. The van der Waals surface area contributed by atoms with Gasteiger partial charge in [0, 0.05) is 7.11 Å². The number of amides is 1. The summed E-state index contributed by atoms with van der Waals surface area (Å²) in [6, 6.07) is 7.27. The van der Waals surface area contributed by atoms with Crippen molar-refractivity contribution in [2.45, 2.75) is 70.1 Å². The maximum absolute atomic E-state index is 12.5. The van der Waals surface area contributed by atoms with Gasteiger partial charge in [0.05, 0.1) is 30.9 Å². The van der Waals surface area contributed by atoms with Crippen molar-refractivity contribution >= 4 is 13.0 Å². The van der Waals surface area contributed by atoms with Crippen LogP contribution in [0.15, 0.2) is 24.3 Å². The number of aryl methyl sites for hydroxylation is 1. The topological polar surface area (TPSA) is 92.0 Å². The van der Waals surface area contributed by atoms with Crippen LogP contribution in [0.2, 0.25) is 0 Å². The van der Waals surface area contributed by atoms with Gasteiger partial charge >= 0.3 is 7.12 Å². The molecule has 1 amide bonds. The number of methoxy groups -OCH3 is 2. The molecule has 2 rings (SSSR count). The zero-order valence-electron chi connectivity index (χ0n) is 18.5. The highest BCUT2D eigenvalue weighted by Crippen LogP contribution is 2.38. The van der Waals surface area contributed by atoms with Gasteiger partial charge in [-0.25, -0.2) is 0 Å². The van der Waals surface area contributed by atoms with E-state index in [0.717, 1.165) is 18.6 Å². The van der Waals surface area contributed by atoms with E-state index < -0.39 is 24.4 Å². The summed E-state index contributed by atoms with van der Waals surface area (Å²) in [7, 11) is 2.64. The fourth-order valence-corrected chi connectivity index (χ4v) is 3.19. The average Bonchev–Trinajstić information content (AvgIpc) is 2.88. The van der Waals surface area contributed by atoms with E-state index in [1.54, 1.807) is 7.11 Å². The molecule has 1 aromatic carbocycles. The first kappa shape index (κ1) is 23.7. The lowest BCUT2D eigenvalue weighted by atomic mass is 9.75. The van der Waals surface area contributed by atoms with E-state index in [4.69, 9.17) is 24.5 Å². The smallest absolute Gasteiger partial charge is 0.481 e. The van der Waals surface area contributed by atoms with Gasteiger partial charge in [0.2, 0.25) is 5.91 Å². The average molecular weight is 406 g/mol. The maximum Gasteiger partial charge on any atom is 0.481 e. The first-order chi connectivity index (χ1) is 13.6. The predicted molar refractivity (Wildman–Crippen MR) is 114 cm³/mol. The molecule has 1 aromatic rings. The van der Waals surface area contributed by atoms with Gasteiger partial charge < -0.3 is 29.8 Å². The van der Waals surface area contributed by atoms with Crippen LogP contribution in [-0.4, -0.2) is 57.0 Å². The molecule has 0 aromatic heterocycles. The van der Waals surface area contributed by atoms with Crippen molar-refractivity contribution in [3.63, 3.8) is 0 Å². The highest BCUT2D eigenvalue weighted by Gasteiger charge is 2.54. The van der Waals surface area contributed by atoms with Gasteiger partial charge in [-0.1, -0.05) is 12.1 Å². The van der Waals surface area contributed by atoms with Crippen LogP contribution in [0.4, 0.5) is 0 Å². The Kier molecular flexibility index (Phi) is 8.11. The Morgan fingerprint density at radius 1 is 1.14 bits per heavy atom. The van der Waals surface area contributed by atoms with Crippen LogP contribution in [0.1, 0.15) is 46.1 Å². The third-order valence-corrected chi connectivity index (χ3v) is 5.75. The van der Waals surface area contributed by atoms with Gasteiger partial charge in [-0.2, -0.15) is 0 Å². The van der Waals surface area contributed by atoms with E-state index in [2.05, 4.69) is 17.4 Å². The number of carbonyl (C=O) groups is 1. The summed E-state index contributed by atoms with van der Waals surface area (Å²) in [6.45, 7) is 8.16. The molecule has 1 aliphatic heterocycles. The van der Waals surface area contributed by atoms with Crippen LogP contribution in [0.25, 0.3) is 0 Å². The summed E-state index contributed by atoms with van der Waals surface area (Å²) in [5, 5.41) is 3.01. The second-order valence-electron chi connectivity index (χ2n) is 8.54. The summed E-state index contributed by atoms with van der Waals surface area (Å²) in [4.78, 5) is 12.5. The molecule has 0 bridgehead atoms. The van der Waals surface area contributed by atoms with E-state index in [-0.39, 0.29) is 18.5 Å². The normalized spacial score (nSPS) is 19.6. The number of ether oxygens (including phenoxy) is 2. The molecule has 0 radical (unpaired) electrons. The number of nitrogens with two attached hydrogens (primary N) is 1. The van der Waals surface area contributed by atoms with Crippen molar-refractivity contribution < 1.29 is 23.6 Å². The quantitative estimate of drug-likeness (QED) is 0.579. The van der Waals surface area contributed by atoms with Gasteiger partial charge in [-0.05, 0) is 64.7 Å². The number of rotatable bonds is 10. The van der Waals surface area contributed by atoms with Crippen molar-refractivity contribution in [2.75, 3.05) is 20.8 Å². The minimum atomic E-state index is -0.730. The molecular weight excluding hydrogens is 371 g/mol. The SMILES string of the molecule is COCC(N)C(=O)NC(CCCc1ccc(OC)cc1)B1OC(C)(C)C(C)(C)O1. The number of carbonyl (C=O) groups excluding carboxylic acids is 1. The van der Waals surface area contributed by atoms with Gasteiger partial charge in [-0.3, -0.25) is 4.79 Å². The highest BCUT2D eigenvalue weighted by molar-refractivity contribution is 6.48. The van der Waals surface area contributed by atoms with Crippen LogP contribution >= 0.6 is 0 Å². The summed E-state index contributed by atoms with van der Waals surface area (Å²) >= 11 is 0. The van der Waals surface area contributed by atoms with Gasteiger partial charge in [0.1, 0.15) is 11.8 Å². The molecule has 0 saturated carbocycles. The van der Waals surface area contributed by atoms with Gasteiger partial charge in [-0.15, -0.1) is 0 Å². The monoisotopic (exact) mass is 406 g/mol. The molecule has 1 fully saturated rings.